The van der Waals surface area contributed by atoms with E-state index in [4.69, 9.17) is 0 Å². The van der Waals surface area contributed by atoms with Gasteiger partial charge in [0, 0.05) is 0 Å². The Labute approximate surface area is 88.1 Å². The highest BCUT2D eigenvalue weighted by Crippen LogP contribution is 2.26. The van der Waals surface area contributed by atoms with Crippen LogP contribution < -0.4 is 0 Å². The summed E-state index contributed by atoms with van der Waals surface area (Å²) in [6, 6.07) is 4.34. The summed E-state index contributed by atoms with van der Waals surface area (Å²) < 4.78 is 4.50. The number of carbonyl (C=O) groups is 1. The van der Waals surface area contributed by atoms with E-state index < -0.39 is 11.6 Å². The molecule has 0 amide bonds. The SMILES string of the molecule is COC(=O)c1cc(C(C)(C)O)ccc1O. The first kappa shape index (κ1) is 11.5. The van der Waals surface area contributed by atoms with Gasteiger partial charge in [0.15, 0.2) is 0 Å². The van der Waals surface area contributed by atoms with Gasteiger partial charge in [0.25, 0.3) is 0 Å². The molecule has 1 aromatic carbocycles. The lowest BCUT2D eigenvalue weighted by Crippen LogP contribution is -2.16. The van der Waals surface area contributed by atoms with Gasteiger partial charge in [-0.05, 0) is 31.5 Å². The number of benzene rings is 1. The molecule has 0 spiro atoms. The van der Waals surface area contributed by atoms with Gasteiger partial charge in [-0.25, -0.2) is 4.79 Å². The van der Waals surface area contributed by atoms with E-state index in [1.807, 2.05) is 0 Å². The molecule has 1 rings (SSSR count). The first-order chi connectivity index (χ1) is 6.86. The van der Waals surface area contributed by atoms with Crippen molar-refractivity contribution in [3.05, 3.63) is 29.3 Å². The molecule has 0 bridgehead atoms. The topological polar surface area (TPSA) is 66.8 Å². The Hall–Kier alpha value is -1.55. The van der Waals surface area contributed by atoms with E-state index in [9.17, 15) is 15.0 Å². The molecule has 0 aliphatic rings. The molecule has 15 heavy (non-hydrogen) atoms. The van der Waals surface area contributed by atoms with Gasteiger partial charge in [-0.1, -0.05) is 6.07 Å². The first-order valence-electron chi connectivity index (χ1n) is 4.50. The predicted octanol–water partition coefficient (Wildman–Crippen LogP) is 1.41. The van der Waals surface area contributed by atoms with E-state index in [2.05, 4.69) is 4.74 Å². The maximum atomic E-state index is 11.2. The maximum Gasteiger partial charge on any atom is 0.341 e. The second-order valence-electron chi connectivity index (χ2n) is 3.78. The fourth-order valence-electron chi connectivity index (χ4n) is 1.19. The van der Waals surface area contributed by atoms with Crippen LogP contribution in [0, 0.1) is 0 Å². The summed E-state index contributed by atoms with van der Waals surface area (Å²) in [7, 11) is 1.23. The van der Waals surface area contributed by atoms with Gasteiger partial charge >= 0.3 is 5.97 Å². The first-order valence-corrected chi connectivity index (χ1v) is 4.50. The van der Waals surface area contributed by atoms with Crippen LogP contribution in [-0.2, 0) is 10.3 Å². The van der Waals surface area contributed by atoms with Crippen molar-refractivity contribution in [2.75, 3.05) is 7.11 Å². The predicted molar refractivity (Wildman–Crippen MR) is 54.7 cm³/mol. The third-order valence-electron chi connectivity index (χ3n) is 2.11. The van der Waals surface area contributed by atoms with Crippen LogP contribution >= 0.6 is 0 Å². The number of esters is 1. The zero-order chi connectivity index (χ0) is 11.6. The molecular formula is C11H14O4. The largest absolute Gasteiger partial charge is 0.507 e. The van der Waals surface area contributed by atoms with Crippen LogP contribution in [0.2, 0.25) is 0 Å². The van der Waals surface area contributed by atoms with E-state index in [1.165, 1.54) is 19.2 Å². The summed E-state index contributed by atoms with van der Waals surface area (Å²) in [6.45, 7) is 3.20. The Morgan fingerprint density at radius 3 is 2.47 bits per heavy atom. The van der Waals surface area contributed by atoms with Gasteiger partial charge in [0.1, 0.15) is 11.3 Å². The van der Waals surface area contributed by atoms with Crippen molar-refractivity contribution in [2.24, 2.45) is 0 Å². The standard InChI is InChI=1S/C11H14O4/c1-11(2,14)7-4-5-9(12)8(6-7)10(13)15-3/h4-6,12,14H,1-3H3. The molecular weight excluding hydrogens is 196 g/mol. The third kappa shape index (κ3) is 2.47. The number of rotatable bonds is 2. The van der Waals surface area contributed by atoms with Crippen LogP contribution in [0.5, 0.6) is 5.75 Å². The Bertz CT molecular complexity index is 377. The summed E-state index contributed by atoms with van der Waals surface area (Å²) in [5.74, 6) is -0.784. The highest BCUT2D eigenvalue weighted by Gasteiger charge is 2.20. The molecule has 0 aliphatic heterocycles. The highest BCUT2D eigenvalue weighted by molar-refractivity contribution is 5.92. The molecule has 0 atom stereocenters. The molecule has 2 N–H and O–H groups in total. The van der Waals surface area contributed by atoms with Gasteiger partial charge in [-0.15, -0.1) is 0 Å². The molecule has 0 radical (unpaired) electrons. The van der Waals surface area contributed by atoms with E-state index in [-0.39, 0.29) is 11.3 Å². The van der Waals surface area contributed by atoms with E-state index >= 15 is 0 Å². The number of aromatic hydroxyl groups is 1. The van der Waals surface area contributed by atoms with Gasteiger partial charge in [0.2, 0.25) is 0 Å². The average molecular weight is 210 g/mol. The van der Waals surface area contributed by atoms with Crippen LogP contribution in [0.25, 0.3) is 0 Å². The Morgan fingerprint density at radius 2 is 2.00 bits per heavy atom. The van der Waals surface area contributed by atoms with Crippen molar-refractivity contribution >= 4 is 5.97 Å². The summed E-state index contributed by atoms with van der Waals surface area (Å²) in [4.78, 5) is 11.2. The van der Waals surface area contributed by atoms with Crippen LogP contribution in [0.4, 0.5) is 0 Å². The van der Waals surface area contributed by atoms with Crippen molar-refractivity contribution in [2.45, 2.75) is 19.4 Å². The molecule has 0 aliphatic carbocycles. The van der Waals surface area contributed by atoms with E-state index in [0.29, 0.717) is 5.56 Å². The second-order valence-corrected chi connectivity index (χ2v) is 3.78. The normalized spacial score (nSPS) is 11.2. The number of hydrogen-bond acceptors (Lipinski definition) is 4. The molecule has 0 unspecified atom stereocenters. The highest BCUT2D eigenvalue weighted by atomic mass is 16.5. The number of methoxy groups -OCH3 is 1. The molecule has 0 fully saturated rings. The molecule has 0 aromatic heterocycles. The minimum Gasteiger partial charge on any atom is -0.507 e. The van der Waals surface area contributed by atoms with Gasteiger partial charge in [0.05, 0.1) is 12.7 Å². The summed E-state index contributed by atoms with van der Waals surface area (Å²) in [6.07, 6.45) is 0. The minimum absolute atomic E-state index is 0.0529. The molecule has 0 heterocycles. The van der Waals surface area contributed by atoms with E-state index in [0.717, 1.165) is 0 Å². The monoisotopic (exact) mass is 210 g/mol. The summed E-state index contributed by atoms with van der Waals surface area (Å²) in [5, 5.41) is 19.1. The fraction of sp³-hybridized carbons (Fsp3) is 0.364. The smallest absolute Gasteiger partial charge is 0.341 e. The maximum absolute atomic E-state index is 11.2. The van der Waals surface area contributed by atoms with Gasteiger partial charge < -0.3 is 14.9 Å². The Kier molecular flexibility index (Phi) is 3.00. The van der Waals surface area contributed by atoms with E-state index in [1.54, 1.807) is 19.9 Å². The second kappa shape index (κ2) is 3.90. The third-order valence-corrected chi connectivity index (χ3v) is 2.11. The Balaban J connectivity index is 3.23. The van der Waals surface area contributed by atoms with Crippen molar-refractivity contribution in [1.82, 2.24) is 0 Å². The zero-order valence-electron chi connectivity index (χ0n) is 8.94. The average Bonchev–Trinajstić information content (AvgIpc) is 2.15. The van der Waals surface area contributed by atoms with Crippen molar-refractivity contribution in [3.8, 4) is 5.75 Å². The number of aliphatic hydroxyl groups is 1. The molecule has 4 heteroatoms. The zero-order valence-corrected chi connectivity index (χ0v) is 8.94. The quantitative estimate of drug-likeness (QED) is 0.724. The lowest BCUT2D eigenvalue weighted by Gasteiger charge is -2.18. The van der Waals surface area contributed by atoms with Crippen LogP contribution in [-0.4, -0.2) is 23.3 Å². The van der Waals surface area contributed by atoms with Crippen LogP contribution in [0.1, 0.15) is 29.8 Å². The van der Waals surface area contributed by atoms with Crippen LogP contribution in [0.3, 0.4) is 0 Å². The number of hydrogen-bond donors (Lipinski definition) is 2. The fourth-order valence-corrected chi connectivity index (χ4v) is 1.19. The lowest BCUT2D eigenvalue weighted by atomic mass is 9.96. The Morgan fingerprint density at radius 1 is 1.40 bits per heavy atom. The molecule has 4 nitrogen and oxygen atoms in total. The van der Waals surface area contributed by atoms with Gasteiger partial charge in [-0.2, -0.15) is 0 Å². The number of ether oxygens (including phenoxy) is 1. The van der Waals surface area contributed by atoms with Crippen molar-refractivity contribution in [3.63, 3.8) is 0 Å². The number of carbonyl (C=O) groups excluding carboxylic acids is 1. The molecule has 0 saturated carbocycles. The number of phenolic OH excluding ortho intramolecular Hbond substituents is 1. The molecule has 1 aromatic rings. The minimum atomic E-state index is -1.06. The number of phenols is 1. The molecule has 82 valence electrons. The van der Waals surface area contributed by atoms with Crippen LogP contribution in [0.15, 0.2) is 18.2 Å². The molecule has 0 saturated heterocycles. The summed E-state index contributed by atoms with van der Waals surface area (Å²) in [5.41, 5.74) is -0.464. The van der Waals surface area contributed by atoms with Crippen molar-refractivity contribution in [1.29, 1.82) is 0 Å². The lowest BCUT2D eigenvalue weighted by molar-refractivity contribution is 0.0595. The summed E-state index contributed by atoms with van der Waals surface area (Å²) >= 11 is 0. The van der Waals surface area contributed by atoms with Crippen molar-refractivity contribution < 1.29 is 19.7 Å². The van der Waals surface area contributed by atoms with Gasteiger partial charge in [-0.3, -0.25) is 0 Å².